The van der Waals surface area contributed by atoms with Gasteiger partial charge >= 0.3 is 6.18 Å². The van der Waals surface area contributed by atoms with Crippen LogP contribution in [0, 0.1) is 5.92 Å². The van der Waals surface area contributed by atoms with Crippen LogP contribution in [-0.2, 0) is 17.5 Å². The average Bonchev–Trinajstić information content (AvgIpc) is 2.90. The molecule has 0 aliphatic heterocycles. The van der Waals surface area contributed by atoms with E-state index in [2.05, 4.69) is 5.32 Å². The van der Waals surface area contributed by atoms with E-state index in [1.165, 1.54) is 12.1 Å². The van der Waals surface area contributed by atoms with Crippen LogP contribution in [0.1, 0.15) is 43.2 Å². The van der Waals surface area contributed by atoms with Crippen LogP contribution in [0.2, 0.25) is 0 Å². The highest BCUT2D eigenvalue weighted by molar-refractivity contribution is 5.91. The van der Waals surface area contributed by atoms with Gasteiger partial charge in [-0.3, -0.25) is 4.79 Å². The number of benzene rings is 1. The molecule has 3 N–H and O–H groups in total. The van der Waals surface area contributed by atoms with Crippen LogP contribution in [0.25, 0.3) is 0 Å². The molecule has 0 spiro atoms. The van der Waals surface area contributed by atoms with Gasteiger partial charge in [-0.2, -0.15) is 13.2 Å². The van der Waals surface area contributed by atoms with Gasteiger partial charge in [-0.1, -0.05) is 18.9 Å². The van der Waals surface area contributed by atoms with E-state index >= 15 is 0 Å². The maximum atomic E-state index is 13.0. The molecule has 1 aliphatic rings. The van der Waals surface area contributed by atoms with Gasteiger partial charge in [0.1, 0.15) is 0 Å². The Morgan fingerprint density at radius 1 is 1.29 bits per heavy atom. The molecule has 0 heterocycles. The van der Waals surface area contributed by atoms with Crippen molar-refractivity contribution in [2.45, 2.75) is 44.8 Å². The van der Waals surface area contributed by atoms with Crippen LogP contribution in [0.4, 0.5) is 18.9 Å². The minimum Gasteiger partial charge on any atom is -0.326 e. The Balaban J connectivity index is 2.12. The molecule has 0 saturated heterocycles. The SMILES string of the molecule is NCc1ccc(NC(=O)CC2CCCC2)c(C(F)(F)F)c1. The third-order valence-electron chi connectivity index (χ3n) is 3.85. The van der Waals surface area contributed by atoms with Crippen molar-refractivity contribution in [3.63, 3.8) is 0 Å². The molecule has 1 aromatic carbocycles. The highest BCUT2D eigenvalue weighted by Crippen LogP contribution is 2.36. The molecule has 1 aliphatic carbocycles. The second-order valence-electron chi connectivity index (χ2n) is 5.48. The lowest BCUT2D eigenvalue weighted by Crippen LogP contribution is -2.19. The van der Waals surface area contributed by atoms with Gasteiger partial charge in [0.25, 0.3) is 0 Å². The van der Waals surface area contributed by atoms with E-state index in [0.717, 1.165) is 31.7 Å². The van der Waals surface area contributed by atoms with Gasteiger partial charge < -0.3 is 11.1 Å². The number of nitrogens with two attached hydrogens (primary N) is 1. The Morgan fingerprint density at radius 2 is 1.95 bits per heavy atom. The summed E-state index contributed by atoms with van der Waals surface area (Å²) in [6, 6.07) is 3.77. The monoisotopic (exact) mass is 300 g/mol. The Morgan fingerprint density at radius 3 is 2.52 bits per heavy atom. The number of anilines is 1. The zero-order valence-electron chi connectivity index (χ0n) is 11.7. The molecule has 0 atom stereocenters. The van der Waals surface area contributed by atoms with Gasteiger partial charge in [-0.25, -0.2) is 0 Å². The number of halogens is 3. The maximum Gasteiger partial charge on any atom is 0.418 e. The van der Waals surface area contributed by atoms with Crippen LogP contribution in [0.5, 0.6) is 0 Å². The fraction of sp³-hybridized carbons (Fsp3) is 0.533. The lowest BCUT2D eigenvalue weighted by atomic mass is 10.0. The molecule has 0 unspecified atom stereocenters. The van der Waals surface area contributed by atoms with Crippen LogP contribution < -0.4 is 11.1 Å². The molecule has 0 radical (unpaired) electrons. The summed E-state index contributed by atoms with van der Waals surface area (Å²) in [5.41, 5.74) is 4.72. The summed E-state index contributed by atoms with van der Waals surface area (Å²) in [6.45, 7) is 0.0272. The van der Waals surface area contributed by atoms with Gasteiger partial charge in [-0.05, 0) is 36.5 Å². The maximum absolute atomic E-state index is 13.0. The minimum absolute atomic E-state index is 0.0272. The number of hydrogen-bond donors (Lipinski definition) is 2. The Kier molecular flexibility index (Phi) is 4.88. The summed E-state index contributed by atoms with van der Waals surface area (Å²) < 4.78 is 39.1. The second kappa shape index (κ2) is 6.47. The normalized spacial score (nSPS) is 16.2. The van der Waals surface area contributed by atoms with Gasteiger partial charge in [0.05, 0.1) is 11.3 Å². The van der Waals surface area contributed by atoms with Crippen molar-refractivity contribution in [2.24, 2.45) is 11.7 Å². The molecular formula is C15H19F3N2O. The first kappa shape index (κ1) is 15.8. The quantitative estimate of drug-likeness (QED) is 0.891. The van der Waals surface area contributed by atoms with E-state index in [1.54, 1.807) is 0 Å². The predicted octanol–water partition coefficient (Wildman–Crippen LogP) is 3.68. The zero-order chi connectivity index (χ0) is 15.5. The first-order valence-corrected chi connectivity index (χ1v) is 7.10. The van der Waals surface area contributed by atoms with Gasteiger partial charge in [0.15, 0.2) is 0 Å². The van der Waals surface area contributed by atoms with Crippen molar-refractivity contribution in [3.05, 3.63) is 29.3 Å². The van der Waals surface area contributed by atoms with Crippen LogP contribution >= 0.6 is 0 Å². The summed E-state index contributed by atoms with van der Waals surface area (Å²) in [5, 5.41) is 2.40. The first-order valence-electron chi connectivity index (χ1n) is 7.10. The lowest BCUT2D eigenvalue weighted by Gasteiger charge is -2.16. The highest BCUT2D eigenvalue weighted by atomic mass is 19.4. The van der Waals surface area contributed by atoms with E-state index < -0.39 is 11.7 Å². The average molecular weight is 300 g/mol. The second-order valence-corrected chi connectivity index (χ2v) is 5.48. The van der Waals surface area contributed by atoms with Crippen molar-refractivity contribution in [1.82, 2.24) is 0 Å². The van der Waals surface area contributed by atoms with E-state index in [0.29, 0.717) is 11.5 Å². The summed E-state index contributed by atoms with van der Waals surface area (Å²) >= 11 is 0. The Hall–Kier alpha value is -1.56. The first-order chi connectivity index (χ1) is 9.90. The number of amides is 1. The highest BCUT2D eigenvalue weighted by Gasteiger charge is 2.34. The summed E-state index contributed by atoms with van der Waals surface area (Å²) in [4.78, 5) is 11.9. The number of rotatable bonds is 4. The molecule has 2 rings (SSSR count). The van der Waals surface area contributed by atoms with Crippen molar-refractivity contribution in [3.8, 4) is 0 Å². The molecule has 1 aromatic rings. The molecule has 0 bridgehead atoms. The van der Waals surface area contributed by atoms with Crippen molar-refractivity contribution < 1.29 is 18.0 Å². The van der Waals surface area contributed by atoms with Gasteiger partial charge in [0.2, 0.25) is 5.91 Å². The molecule has 1 saturated carbocycles. The van der Waals surface area contributed by atoms with Crippen LogP contribution in [0.15, 0.2) is 18.2 Å². The molecule has 0 aromatic heterocycles. The summed E-state index contributed by atoms with van der Waals surface area (Å²) in [5.74, 6) is -0.0597. The topological polar surface area (TPSA) is 55.1 Å². The van der Waals surface area contributed by atoms with E-state index in [9.17, 15) is 18.0 Å². The van der Waals surface area contributed by atoms with E-state index in [4.69, 9.17) is 5.73 Å². The Labute approximate surface area is 121 Å². The summed E-state index contributed by atoms with van der Waals surface area (Å²) in [7, 11) is 0. The number of hydrogen-bond acceptors (Lipinski definition) is 2. The standard InChI is InChI=1S/C15H19F3N2O/c16-15(17,18)12-7-11(9-19)5-6-13(12)20-14(21)8-10-3-1-2-4-10/h5-7,10H,1-4,8-9,19H2,(H,20,21). The molecule has 3 nitrogen and oxygen atoms in total. The molecule has 1 fully saturated rings. The van der Waals surface area contributed by atoms with Gasteiger partial charge in [0, 0.05) is 13.0 Å². The molecule has 1 amide bonds. The van der Waals surface area contributed by atoms with Crippen molar-refractivity contribution in [1.29, 1.82) is 0 Å². The zero-order valence-corrected chi connectivity index (χ0v) is 11.7. The predicted molar refractivity (Wildman–Crippen MR) is 74.5 cm³/mol. The minimum atomic E-state index is -4.51. The number of alkyl halides is 3. The smallest absolute Gasteiger partial charge is 0.326 e. The molecule has 21 heavy (non-hydrogen) atoms. The molecule has 116 valence electrons. The number of carbonyl (C=O) groups excluding carboxylic acids is 1. The fourth-order valence-electron chi connectivity index (χ4n) is 2.74. The van der Waals surface area contributed by atoms with E-state index in [-0.39, 0.29) is 24.6 Å². The summed E-state index contributed by atoms with van der Waals surface area (Å²) in [6.07, 6.45) is -0.0811. The Bertz CT molecular complexity index is 508. The van der Waals surface area contributed by atoms with E-state index in [1.807, 2.05) is 0 Å². The number of nitrogens with one attached hydrogen (secondary N) is 1. The van der Waals surface area contributed by atoms with Crippen LogP contribution in [0.3, 0.4) is 0 Å². The largest absolute Gasteiger partial charge is 0.418 e. The van der Waals surface area contributed by atoms with Gasteiger partial charge in [-0.15, -0.1) is 0 Å². The number of carbonyl (C=O) groups is 1. The van der Waals surface area contributed by atoms with Crippen molar-refractivity contribution >= 4 is 11.6 Å². The molecule has 6 heteroatoms. The third kappa shape index (κ3) is 4.20. The molecular weight excluding hydrogens is 281 g/mol. The lowest BCUT2D eigenvalue weighted by molar-refractivity contribution is -0.137. The third-order valence-corrected chi connectivity index (χ3v) is 3.85. The van der Waals surface area contributed by atoms with Crippen molar-refractivity contribution in [2.75, 3.05) is 5.32 Å². The van der Waals surface area contributed by atoms with Crippen LogP contribution in [-0.4, -0.2) is 5.91 Å². The fourth-order valence-corrected chi connectivity index (χ4v) is 2.74.